The molecule has 31 heavy (non-hydrogen) atoms. The van der Waals surface area contributed by atoms with Gasteiger partial charge in [-0.3, -0.25) is 9.48 Å². The van der Waals surface area contributed by atoms with Crippen molar-refractivity contribution < 1.29 is 9.53 Å². The molecular formula is C23H24Cl2N4O2. The van der Waals surface area contributed by atoms with Crippen molar-refractivity contribution in [1.29, 1.82) is 0 Å². The molecule has 1 unspecified atom stereocenters. The van der Waals surface area contributed by atoms with E-state index in [0.29, 0.717) is 39.7 Å². The van der Waals surface area contributed by atoms with Crippen LogP contribution in [-0.2, 0) is 7.05 Å². The molecular weight excluding hydrogens is 435 g/mol. The highest BCUT2D eigenvalue weighted by Gasteiger charge is 2.18. The Kier molecular flexibility index (Phi) is 6.80. The minimum Gasteiger partial charge on any atom is -0.493 e. The second-order valence-electron chi connectivity index (χ2n) is 7.57. The van der Waals surface area contributed by atoms with Crippen molar-refractivity contribution >= 4 is 34.8 Å². The molecule has 0 spiro atoms. The number of nitrogens with one attached hydrogen (secondary N) is 2. The van der Waals surface area contributed by atoms with Crippen LogP contribution in [0.25, 0.3) is 11.3 Å². The molecule has 1 aliphatic rings. The van der Waals surface area contributed by atoms with Crippen LogP contribution < -0.4 is 15.4 Å². The SMILES string of the molecule is Cn1ncc(Cl)c1-c1cc(NC(=O)c2ccc(Cl)cc2)ccc1OCCC1CCCN1. The predicted molar refractivity (Wildman–Crippen MR) is 124 cm³/mol. The molecule has 8 heteroatoms. The second-order valence-corrected chi connectivity index (χ2v) is 8.41. The Bertz CT molecular complexity index is 1040. The summed E-state index contributed by atoms with van der Waals surface area (Å²) in [6.07, 6.45) is 4.93. The zero-order valence-corrected chi connectivity index (χ0v) is 18.7. The highest BCUT2D eigenvalue weighted by molar-refractivity contribution is 6.33. The molecule has 1 amide bonds. The van der Waals surface area contributed by atoms with E-state index in [1.807, 2.05) is 25.2 Å². The summed E-state index contributed by atoms with van der Waals surface area (Å²) in [5.41, 5.74) is 2.67. The third kappa shape index (κ3) is 5.21. The van der Waals surface area contributed by atoms with Crippen molar-refractivity contribution in [2.24, 2.45) is 7.05 Å². The van der Waals surface area contributed by atoms with Crippen molar-refractivity contribution in [3.8, 4) is 17.0 Å². The molecule has 1 aliphatic heterocycles. The zero-order valence-electron chi connectivity index (χ0n) is 17.2. The number of ether oxygens (including phenoxy) is 1. The Hall–Kier alpha value is -2.54. The monoisotopic (exact) mass is 458 g/mol. The largest absolute Gasteiger partial charge is 0.493 e. The van der Waals surface area contributed by atoms with Gasteiger partial charge in [0.25, 0.3) is 5.91 Å². The van der Waals surface area contributed by atoms with Gasteiger partial charge < -0.3 is 15.4 Å². The molecule has 1 fully saturated rings. The Labute approximate surface area is 191 Å². The second kappa shape index (κ2) is 9.73. The maximum atomic E-state index is 12.6. The van der Waals surface area contributed by atoms with Gasteiger partial charge in [-0.1, -0.05) is 23.2 Å². The zero-order chi connectivity index (χ0) is 21.8. The fourth-order valence-electron chi connectivity index (χ4n) is 3.75. The van der Waals surface area contributed by atoms with Crippen LogP contribution in [0.4, 0.5) is 5.69 Å². The standard InChI is InChI=1S/C23H24Cl2N4O2/c1-29-22(20(25)14-27-29)19-13-18(28-23(30)15-4-6-16(24)7-5-15)8-9-21(19)31-12-10-17-3-2-11-26-17/h4-9,13-14,17,26H,2-3,10-12H2,1H3,(H,28,30). The Morgan fingerprint density at radius 1 is 1.26 bits per heavy atom. The number of nitrogens with zero attached hydrogens (tertiary/aromatic N) is 2. The lowest BCUT2D eigenvalue weighted by Crippen LogP contribution is -2.23. The van der Waals surface area contributed by atoms with Crippen LogP contribution in [0.1, 0.15) is 29.6 Å². The third-order valence-corrected chi connectivity index (χ3v) is 5.91. The van der Waals surface area contributed by atoms with Gasteiger partial charge in [-0.25, -0.2) is 0 Å². The van der Waals surface area contributed by atoms with E-state index < -0.39 is 0 Å². The number of carbonyl (C=O) groups excluding carboxylic acids is 1. The Morgan fingerprint density at radius 2 is 2.06 bits per heavy atom. The third-order valence-electron chi connectivity index (χ3n) is 5.38. The van der Waals surface area contributed by atoms with Crippen LogP contribution in [0.2, 0.25) is 10.0 Å². The maximum absolute atomic E-state index is 12.6. The van der Waals surface area contributed by atoms with Crippen LogP contribution in [0.5, 0.6) is 5.75 Å². The lowest BCUT2D eigenvalue weighted by molar-refractivity contribution is 0.102. The van der Waals surface area contributed by atoms with Gasteiger partial charge in [0.2, 0.25) is 0 Å². The highest BCUT2D eigenvalue weighted by atomic mass is 35.5. The van der Waals surface area contributed by atoms with E-state index >= 15 is 0 Å². The predicted octanol–water partition coefficient (Wildman–Crippen LogP) is 5.17. The van der Waals surface area contributed by atoms with Gasteiger partial charge in [0.1, 0.15) is 5.75 Å². The van der Waals surface area contributed by atoms with E-state index in [2.05, 4.69) is 15.7 Å². The van der Waals surface area contributed by atoms with E-state index in [1.54, 1.807) is 35.1 Å². The average molecular weight is 459 g/mol. The van der Waals surface area contributed by atoms with Gasteiger partial charge >= 0.3 is 0 Å². The molecule has 1 atom stereocenters. The number of aromatic nitrogens is 2. The Balaban J connectivity index is 1.57. The fraction of sp³-hybridized carbons (Fsp3) is 0.304. The summed E-state index contributed by atoms with van der Waals surface area (Å²) in [5.74, 6) is 0.479. The van der Waals surface area contributed by atoms with E-state index in [1.165, 1.54) is 12.8 Å². The molecule has 0 bridgehead atoms. The van der Waals surface area contributed by atoms with Gasteiger partial charge in [-0.05, 0) is 68.3 Å². The number of amides is 1. The molecule has 1 aromatic heterocycles. The van der Waals surface area contributed by atoms with Crippen molar-refractivity contribution in [3.63, 3.8) is 0 Å². The summed E-state index contributed by atoms with van der Waals surface area (Å²) >= 11 is 12.3. The van der Waals surface area contributed by atoms with Crippen molar-refractivity contribution in [1.82, 2.24) is 15.1 Å². The molecule has 1 saturated heterocycles. The number of hydrogen-bond acceptors (Lipinski definition) is 4. The molecule has 162 valence electrons. The quantitative estimate of drug-likeness (QED) is 0.512. The number of benzene rings is 2. The topological polar surface area (TPSA) is 68.2 Å². The molecule has 0 radical (unpaired) electrons. The maximum Gasteiger partial charge on any atom is 0.255 e. The van der Waals surface area contributed by atoms with Crippen molar-refractivity contribution in [2.75, 3.05) is 18.5 Å². The van der Waals surface area contributed by atoms with Crippen molar-refractivity contribution in [2.45, 2.75) is 25.3 Å². The van der Waals surface area contributed by atoms with Gasteiger partial charge in [0, 0.05) is 34.9 Å². The molecule has 4 rings (SSSR count). The highest BCUT2D eigenvalue weighted by Crippen LogP contribution is 2.36. The normalized spacial score (nSPS) is 15.8. The lowest BCUT2D eigenvalue weighted by Gasteiger charge is -2.16. The smallest absolute Gasteiger partial charge is 0.255 e. The van der Waals surface area contributed by atoms with E-state index in [-0.39, 0.29) is 5.91 Å². The summed E-state index contributed by atoms with van der Waals surface area (Å²) < 4.78 is 7.83. The summed E-state index contributed by atoms with van der Waals surface area (Å²) in [6.45, 7) is 1.67. The first-order chi connectivity index (χ1) is 15.0. The van der Waals surface area contributed by atoms with Gasteiger partial charge in [0.15, 0.2) is 0 Å². The van der Waals surface area contributed by atoms with Crippen LogP contribution >= 0.6 is 23.2 Å². The molecule has 0 aliphatic carbocycles. The number of carbonyl (C=O) groups is 1. The molecule has 2 heterocycles. The molecule has 2 N–H and O–H groups in total. The summed E-state index contributed by atoms with van der Waals surface area (Å²) in [6, 6.07) is 12.8. The summed E-state index contributed by atoms with van der Waals surface area (Å²) in [4.78, 5) is 12.6. The molecule has 6 nitrogen and oxygen atoms in total. The van der Waals surface area contributed by atoms with Crippen LogP contribution in [0.3, 0.4) is 0 Å². The number of halogens is 2. The van der Waals surface area contributed by atoms with Gasteiger partial charge in [-0.15, -0.1) is 0 Å². The lowest BCUT2D eigenvalue weighted by atomic mass is 10.1. The van der Waals surface area contributed by atoms with E-state index in [9.17, 15) is 4.79 Å². The minimum atomic E-state index is -0.223. The van der Waals surface area contributed by atoms with E-state index in [4.69, 9.17) is 27.9 Å². The fourth-order valence-corrected chi connectivity index (χ4v) is 4.14. The summed E-state index contributed by atoms with van der Waals surface area (Å²) in [7, 11) is 1.83. The first-order valence-electron chi connectivity index (χ1n) is 10.3. The minimum absolute atomic E-state index is 0.223. The van der Waals surface area contributed by atoms with Crippen LogP contribution in [0, 0.1) is 0 Å². The van der Waals surface area contributed by atoms with Crippen LogP contribution in [-0.4, -0.2) is 34.9 Å². The number of anilines is 1. The number of aryl methyl sites for hydroxylation is 1. The van der Waals surface area contributed by atoms with Gasteiger partial charge in [0.05, 0.1) is 23.5 Å². The molecule has 3 aromatic rings. The van der Waals surface area contributed by atoms with Crippen molar-refractivity contribution in [3.05, 3.63) is 64.3 Å². The first kappa shape index (κ1) is 21.7. The first-order valence-corrected chi connectivity index (χ1v) is 11.0. The molecule has 0 saturated carbocycles. The van der Waals surface area contributed by atoms with E-state index in [0.717, 1.165) is 24.2 Å². The average Bonchev–Trinajstić information content (AvgIpc) is 3.39. The molecule has 2 aromatic carbocycles. The Morgan fingerprint density at radius 3 is 2.74 bits per heavy atom. The number of hydrogen-bond donors (Lipinski definition) is 2. The summed E-state index contributed by atoms with van der Waals surface area (Å²) in [5, 5.41) is 11.8. The number of rotatable bonds is 7. The van der Waals surface area contributed by atoms with Crippen LogP contribution in [0.15, 0.2) is 48.7 Å². The van der Waals surface area contributed by atoms with Gasteiger partial charge in [-0.2, -0.15) is 5.10 Å².